The highest BCUT2D eigenvalue weighted by atomic mass is 32.2. The van der Waals surface area contributed by atoms with Crippen LogP contribution >= 0.6 is 11.8 Å². The first kappa shape index (κ1) is 14.6. The molecule has 1 N–H and O–H groups in total. The second-order valence-corrected chi connectivity index (χ2v) is 6.87. The minimum absolute atomic E-state index is 0.171. The summed E-state index contributed by atoms with van der Waals surface area (Å²) in [7, 11) is 0. The molecule has 0 amide bonds. The van der Waals surface area contributed by atoms with Gasteiger partial charge in [-0.1, -0.05) is 0 Å². The molecule has 5 heteroatoms. The summed E-state index contributed by atoms with van der Waals surface area (Å²) in [6, 6.07) is 2.64. The molecule has 106 valence electrons. The van der Waals surface area contributed by atoms with Gasteiger partial charge >= 0.3 is 0 Å². The van der Waals surface area contributed by atoms with E-state index in [1.807, 2.05) is 0 Å². The Morgan fingerprint density at radius 3 is 2.89 bits per heavy atom. The van der Waals surface area contributed by atoms with Gasteiger partial charge in [0.05, 0.1) is 0 Å². The van der Waals surface area contributed by atoms with Crippen LogP contribution in [0.3, 0.4) is 0 Å². The maximum absolute atomic E-state index is 4.44. The van der Waals surface area contributed by atoms with Crippen molar-refractivity contribution in [1.82, 2.24) is 15.3 Å². The Morgan fingerprint density at radius 2 is 2.21 bits per heavy atom. The van der Waals surface area contributed by atoms with Crippen molar-refractivity contribution in [3.8, 4) is 0 Å². The van der Waals surface area contributed by atoms with E-state index in [0.29, 0.717) is 6.04 Å². The summed E-state index contributed by atoms with van der Waals surface area (Å²) in [5.41, 5.74) is 0.171. The molecule has 1 unspecified atom stereocenters. The fraction of sp³-hybridized carbons (Fsp3) is 0.714. The average molecular weight is 280 g/mol. The lowest BCUT2D eigenvalue weighted by Gasteiger charge is -2.29. The second-order valence-electron chi connectivity index (χ2n) is 6.04. The van der Waals surface area contributed by atoms with Crippen molar-refractivity contribution in [2.75, 3.05) is 24.2 Å². The van der Waals surface area contributed by atoms with Crippen molar-refractivity contribution in [2.24, 2.45) is 0 Å². The van der Waals surface area contributed by atoms with Crippen LogP contribution in [0.2, 0.25) is 0 Å². The fourth-order valence-electron chi connectivity index (χ4n) is 2.37. The van der Waals surface area contributed by atoms with Crippen LogP contribution in [0.5, 0.6) is 0 Å². The summed E-state index contributed by atoms with van der Waals surface area (Å²) in [6.07, 6.45) is 6.21. The first-order valence-corrected chi connectivity index (χ1v) is 8.10. The standard InChI is InChI=1S/C14H24N4S/c1-14(2,3)17-9-11-6-5-7-18(11)12-8-13(19-4)16-10-15-12/h8,10-11,17H,5-7,9H2,1-4H3. The zero-order chi connectivity index (χ0) is 13.9. The van der Waals surface area contributed by atoms with Crippen LogP contribution in [0.15, 0.2) is 17.4 Å². The summed E-state index contributed by atoms with van der Waals surface area (Å²) < 4.78 is 0. The van der Waals surface area contributed by atoms with Crippen LogP contribution in [-0.4, -0.2) is 40.9 Å². The second kappa shape index (κ2) is 6.09. The predicted molar refractivity (Wildman–Crippen MR) is 81.9 cm³/mol. The Kier molecular flexibility index (Phi) is 4.68. The summed E-state index contributed by atoms with van der Waals surface area (Å²) in [6.45, 7) is 8.75. The van der Waals surface area contributed by atoms with Gasteiger partial charge in [0.2, 0.25) is 0 Å². The highest BCUT2D eigenvalue weighted by Gasteiger charge is 2.26. The zero-order valence-electron chi connectivity index (χ0n) is 12.3. The molecule has 1 aliphatic heterocycles. The molecule has 4 nitrogen and oxygen atoms in total. The third-order valence-electron chi connectivity index (χ3n) is 3.38. The summed E-state index contributed by atoms with van der Waals surface area (Å²) in [5.74, 6) is 1.07. The van der Waals surface area contributed by atoms with Crippen LogP contribution < -0.4 is 10.2 Å². The Labute approximate surface area is 120 Å². The fourth-order valence-corrected chi connectivity index (χ4v) is 2.75. The lowest BCUT2D eigenvalue weighted by atomic mass is 10.1. The van der Waals surface area contributed by atoms with Crippen LogP contribution in [0.4, 0.5) is 5.82 Å². The van der Waals surface area contributed by atoms with Gasteiger partial charge in [0.25, 0.3) is 0 Å². The zero-order valence-corrected chi connectivity index (χ0v) is 13.1. The van der Waals surface area contributed by atoms with E-state index < -0.39 is 0 Å². The quantitative estimate of drug-likeness (QED) is 0.678. The van der Waals surface area contributed by atoms with Gasteiger partial charge in [-0.25, -0.2) is 9.97 Å². The Hall–Kier alpha value is -0.810. The van der Waals surface area contributed by atoms with Gasteiger partial charge < -0.3 is 10.2 Å². The molecule has 0 radical (unpaired) electrons. The number of aromatic nitrogens is 2. The van der Waals surface area contributed by atoms with Gasteiger partial charge in [0.15, 0.2) is 0 Å². The number of nitrogens with zero attached hydrogens (tertiary/aromatic N) is 3. The topological polar surface area (TPSA) is 41.0 Å². The van der Waals surface area contributed by atoms with Gasteiger partial charge in [-0.3, -0.25) is 0 Å². The van der Waals surface area contributed by atoms with Gasteiger partial charge in [0.1, 0.15) is 17.2 Å². The van der Waals surface area contributed by atoms with Gasteiger partial charge in [-0.15, -0.1) is 11.8 Å². The molecular weight excluding hydrogens is 256 g/mol. The van der Waals surface area contributed by atoms with Crippen molar-refractivity contribution in [3.05, 3.63) is 12.4 Å². The third kappa shape index (κ3) is 4.08. The van der Waals surface area contributed by atoms with Crippen molar-refractivity contribution in [3.63, 3.8) is 0 Å². The number of anilines is 1. The number of thioether (sulfide) groups is 1. The first-order valence-electron chi connectivity index (χ1n) is 6.87. The molecule has 0 aromatic carbocycles. The minimum Gasteiger partial charge on any atom is -0.352 e. The maximum atomic E-state index is 4.44. The average Bonchev–Trinajstić information content (AvgIpc) is 2.84. The normalized spacial score (nSPS) is 20.0. The van der Waals surface area contributed by atoms with Crippen LogP contribution in [-0.2, 0) is 0 Å². The summed E-state index contributed by atoms with van der Waals surface area (Å²) in [5, 5.41) is 4.64. The molecular formula is C14H24N4S. The van der Waals surface area contributed by atoms with Crippen molar-refractivity contribution in [2.45, 2.75) is 50.2 Å². The highest BCUT2D eigenvalue weighted by Crippen LogP contribution is 2.25. The number of hydrogen-bond donors (Lipinski definition) is 1. The summed E-state index contributed by atoms with van der Waals surface area (Å²) >= 11 is 1.67. The molecule has 1 saturated heterocycles. The Morgan fingerprint density at radius 1 is 1.42 bits per heavy atom. The van der Waals surface area contributed by atoms with Gasteiger partial charge in [-0.05, 0) is 39.9 Å². The molecule has 2 rings (SSSR count). The Bertz CT molecular complexity index is 416. The van der Waals surface area contributed by atoms with E-state index >= 15 is 0 Å². The van der Waals surface area contributed by atoms with E-state index in [1.165, 1.54) is 12.8 Å². The number of nitrogens with one attached hydrogen (secondary N) is 1. The predicted octanol–water partition coefficient (Wildman–Crippen LogP) is 2.56. The SMILES string of the molecule is CSc1cc(N2CCCC2CNC(C)(C)C)ncn1. The lowest BCUT2D eigenvalue weighted by Crippen LogP contribution is -2.45. The van der Waals surface area contributed by atoms with Crippen LogP contribution in [0.25, 0.3) is 0 Å². The minimum atomic E-state index is 0.171. The molecule has 1 aromatic rings. The highest BCUT2D eigenvalue weighted by molar-refractivity contribution is 7.98. The van der Waals surface area contributed by atoms with E-state index in [1.54, 1.807) is 18.1 Å². The van der Waals surface area contributed by atoms with Crippen LogP contribution in [0, 0.1) is 0 Å². The molecule has 0 aliphatic carbocycles. The smallest absolute Gasteiger partial charge is 0.133 e. The van der Waals surface area contributed by atoms with Gasteiger partial charge in [0, 0.05) is 30.7 Å². The molecule has 1 atom stereocenters. The largest absolute Gasteiger partial charge is 0.352 e. The van der Waals surface area contributed by atoms with E-state index in [0.717, 1.165) is 23.9 Å². The van der Waals surface area contributed by atoms with E-state index in [9.17, 15) is 0 Å². The van der Waals surface area contributed by atoms with E-state index in [2.05, 4.69) is 53.3 Å². The maximum Gasteiger partial charge on any atom is 0.133 e. The monoisotopic (exact) mass is 280 g/mol. The van der Waals surface area contributed by atoms with E-state index in [4.69, 9.17) is 0 Å². The molecule has 0 spiro atoms. The first-order chi connectivity index (χ1) is 8.99. The molecule has 1 aromatic heterocycles. The molecule has 1 aliphatic rings. The summed E-state index contributed by atoms with van der Waals surface area (Å²) in [4.78, 5) is 11.1. The van der Waals surface area contributed by atoms with Crippen molar-refractivity contribution < 1.29 is 0 Å². The molecule has 2 heterocycles. The molecule has 0 bridgehead atoms. The number of hydrogen-bond acceptors (Lipinski definition) is 5. The molecule has 19 heavy (non-hydrogen) atoms. The van der Waals surface area contributed by atoms with Gasteiger partial charge in [-0.2, -0.15) is 0 Å². The third-order valence-corrected chi connectivity index (χ3v) is 4.02. The number of rotatable bonds is 4. The van der Waals surface area contributed by atoms with Crippen LogP contribution in [0.1, 0.15) is 33.6 Å². The van der Waals surface area contributed by atoms with Crippen molar-refractivity contribution >= 4 is 17.6 Å². The Balaban J connectivity index is 2.05. The molecule has 0 saturated carbocycles. The molecule has 1 fully saturated rings. The lowest BCUT2D eigenvalue weighted by molar-refractivity contribution is 0.404. The van der Waals surface area contributed by atoms with E-state index in [-0.39, 0.29) is 5.54 Å². The van der Waals surface area contributed by atoms with Crippen molar-refractivity contribution in [1.29, 1.82) is 0 Å².